The molecule has 0 saturated carbocycles. The van der Waals surface area contributed by atoms with Crippen molar-refractivity contribution in [2.75, 3.05) is 13.2 Å². The van der Waals surface area contributed by atoms with Crippen LogP contribution in [-0.4, -0.2) is 32.8 Å². The first-order valence-corrected chi connectivity index (χ1v) is 10.7. The number of nitrogens with zero attached hydrogens (tertiary/aromatic N) is 4. The van der Waals surface area contributed by atoms with Gasteiger partial charge in [0.1, 0.15) is 0 Å². The maximum atomic E-state index is 12.8. The lowest BCUT2D eigenvalue weighted by Gasteiger charge is -2.12. The summed E-state index contributed by atoms with van der Waals surface area (Å²) in [4.78, 5) is 21.8. The Labute approximate surface area is 177 Å². The summed E-state index contributed by atoms with van der Waals surface area (Å²) in [5, 5.41) is 4.36. The van der Waals surface area contributed by atoms with Gasteiger partial charge >= 0.3 is 0 Å². The van der Waals surface area contributed by atoms with Crippen LogP contribution in [0.2, 0.25) is 0 Å². The lowest BCUT2D eigenvalue weighted by Crippen LogP contribution is -2.23. The van der Waals surface area contributed by atoms with Gasteiger partial charge in [-0.2, -0.15) is 9.50 Å². The van der Waals surface area contributed by atoms with Crippen molar-refractivity contribution in [3.8, 4) is 22.9 Å². The minimum Gasteiger partial charge on any atom is -0.490 e. The number of benzene rings is 1. The maximum absolute atomic E-state index is 12.8. The minimum absolute atomic E-state index is 0.191. The largest absolute Gasteiger partial charge is 0.490 e. The third-order valence-corrected chi connectivity index (χ3v) is 5.40. The highest BCUT2D eigenvalue weighted by atomic mass is 32.1. The van der Waals surface area contributed by atoms with E-state index in [4.69, 9.17) is 9.47 Å². The molecule has 154 valence electrons. The average molecular weight is 423 g/mol. The van der Waals surface area contributed by atoms with Gasteiger partial charge in [-0.1, -0.05) is 30.7 Å². The number of aromatic nitrogens is 4. The molecular weight excluding hydrogens is 400 g/mol. The summed E-state index contributed by atoms with van der Waals surface area (Å²) in [6.07, 6.45) is 7.23. The highest BCUT2D eigenvalue weighted by Gasteiger charge is 2.12. The molecule has 0 fully saturated rings. The van der Waals surface area contributed by atoms with Crippen molar-refractivity contribution in [1.29, 1.82) is 0 Å². The maximum Gasteiger partial charge on any atom is 0.291 e. The fourth-order valence-electron chi connectivity index (χ4n) is 2.94. The summed E-state index contributed by atoms with van der Waals surface area (Å²) in [6.45, 7) is 5.24. The van der Waals surface area contributed by atoms with E-state index < -0.39 is 0 Å². The van der Waals surface area contributed by atoms with E-state index in [0.29, 0.717) is 34.3 Å². The molecule has 30 heavy (non-hydrogen) atoms. The van der Waals surface area contributed by atoms with Gasteiger partial charge in [-0.05, 0) is 49.2 Å². The van der Waals surface area contributed by atoms with E-state index in [2.05, 4.69) is 22.0 Å². The van der Waals surface area contributed by atoms with Crippen LogP contribution in [0.1, 0.15) is 32.3 Å². The van der Waals surface area contributed by atoms with Crippen LogP contribution >= 0.6 is 11.3 Å². The van der Waals surface area contributed by atoms with Crippen LogP contribution in [0.3, 0.4) is 0 Å². The molecule has 0 saturated heterocycles. The van der Waals surface area contributed by atoms with Crippen LogP contribution in [0.4, 0.5) is 0 Å². The van der Waals surface area contributed by atoms with Gasteiger partial charge < -0.3 is 9.47 Å². The van der Waals surface area contributed by atoms with E-state index >= 15 is 0 Å². The van der Waals surface area contributed by atoms with Crippen LogP contribution in [-0.2, 0) is 0 Å². The molecule has 0 radical (unpaired) electrons. The Hall–Kier alpha value is -3.26. The summed E-state index contributed by atoms with van der Waals surface area (Å²) >= 11 is 1.31. The highest BCUT2D eigenvalue weighted by molar-refractivity contribution is 7.15. The zero-order chi connectivity index (χ0) is 20.9. The number of fused-ring (bicyclic) bond motifs is 1. The standard InChI is InChI=1S/C22H22N4O3S/c1-3-5-12-29-17-7-6-15(13-18(17)28-4-2)14-19-21(27)26-22(30-19)24-20(25-26)16-8-10-23-11-9-16/h6-11,13-14H,3-5,12H2,1-2H3. The first-order valence-electron chi connectivity index (χ1n) is 9.91. The van der Waals surface area contributed by atoms with Gasteiger partial charge in [-0.15, -0.1) is 5.10 Å². The van der Waals surface area contributed by atoms with Gasteiger partial charge in [0.15, 0.2) is 17.3 Å². The van der Waals surface area contributed by atoms with Crippen molar-refractivity contribution in [3.63, 3.8) is 0 Å². The molecule has 0 amide bonds. The van der Waals surface area contributed by atoms with Crippen LogP contribution in [0, 0.1) is 0 Å². The van der Waals surface area contributed by atoms with E-state index in [-0.39, 0.29) is 5.56 Å². The summed E-state index contributed by atoms with van der Waals surface area (Å²) in [5.41, 5.74) is 1.49. The third kappa shape index (κ3) is 4.18. The molecule has 4 rings (SSSR count). The van der Waals surface area contributed by atoms with Crippen LogP contribution in [0.15, 0.2) is 47.5 Å². The molecule has 7 nitrogen and oxygen atoms in total. The molecule has 0 unspecified atom stereocenters. The number of unbranched alkanes of at least 4 members (excludes halogenated alkanes) is 1. The number of hydrogen-bond donors (Lipinski definition) is 0. The van der Waals surface area contributed by atoms with Crippen molar-refractivity contribution in [3.05, 3.63) is 63.2 Å². The summed E-state index contributed by atoms with van der Waals surface area (Å²) in [5.74, 6) is 1.91. The Kier molecular flexibility index (Phi) is 6.04. The van der Waals surface area contributed by atoms with Crippen molar-refractivity contribution in [1.82, 2.24) is 19.6 Å². The van der Waals surface area contributed by atoms with Crippen molar-refractivity contribution >= 4 is 22.4 Å². The number of rotatable bonds is 8. The average Bonchev–Trinajstić information content (AvgIpc) is 3.30. The molecule has 0 aliphatic carbocycles. The quantitative estimate of drug-likeness (QED) is 0.405. The lowest BCUT2D eigenvalue weighted by molar-refractivity contribution is 0.272. The Morgan fingerprint density at radius 2 is 1.93 bits per heavy atom. The summed E-state index contributed by atoms with van der Waals surface area (Å²) < 4.78 is 13.5. The van der Waals surface area contributed by atoms with Crippen molar-refractivity contribution in [2.24, 2.45) is 0 Å². The Bertz CT molecular complexity index is 1250. The number of ether oxygens (including phenoxy) is 2. The topological polar surface area (TPSA) is 78.6 Å². The monoisotopic (exact) mass is 422 g/mol. The normalized spacial score (nSPS) is 11.9. The van der Waals surface area contributed by atoms with Gasteiger partial charge in [0.05, 0.1) is 17.7 Å². The number of pyridine rings is 1. The fraction of sp³-hybridized carbons (Fsp3) is 0.273. The fourth-order valence-corrected chi connectivity index (χ4v) is 3.84. The third-order valence-electron chi connectivity index (χ3n) is 4.44. The second-order valence-corrected chi connectivity index (χ2v) is 7.63. The first kappa shape index (κ1) is 20.0. The summed E-state index contributed by atoms with van der Waals surface area (Å²) in [7, 11) is 0. The second kappa shape index (κ2) is 9.04. The summed E-state index contributed by atoms with van der Waals surface area (Å²) in [6, 6.07) is 9.33. The van der Waals surface area contributed by atoms with Gasteiger partial charge in [0.2, 0.25) is 4.96 Å². The Balaban J connectivity index is 1.67. The zero-order valence-corrected chi connectivity index (χ0v) is 17.7. The molecule has 4 aromatic rings. The minimum atomic E-state index is -0.191. The SMILES string of the molecule is CCCCOc1ccc(C=c2sc3nc(-c4ccncc4)nn3c2=O)cc1OCC. The molecule has 0 atom stereocenters. The van der Waals surface area contributed by atoms with E-state index in [9.17, 15) is 4.79 Å². The van der Waals surface area contributed by atoms with Gasteiger partial charge in [-0.3, -0.25) is 9.78 Å². The molecule has 0 bridgehead atoms. The predicted octanol–water partition coefficient (Wildman–Crippen LogP) is 3.34. The lowest BCUT2D eigenvalue weighted by atomic mass is 10.2. The second-order valence-electron chi connectivity index (χ2n) is 6.62. The molecule has 0 aliphatic rings. The number of thiazole rings is 1. The van der Waals surface area contributed by atoms with E-state index in [0.717, 1.165) is 29.7 Å². The van der Waals surface area contributed by atoms with E-state index in [1.54, 1.807) is 12.4 Å². The molecule has 8 heteroatoms. The van der Waals surface area contributed by atoms with Crippen LogP contribution < -0.4 is 19.6 Å². The molecule has 3 aromatic heterocycles. The zero-order valence-electron chi connectivity index (χ0n) is 16.9. The highest BCUT2D eigenvalue weighted by Crippen LogP contribution is 2.29. The van der Waals surface area contributed by atoms with Gasteiger partial charge in [0.25, 0.3) is 5.56 Å². The molecular formula is C22H22N4O3S. The smallest absolute Gasteiger partial charge is 0.291 e. The molecule has 3 heterocycles. The number of hydrogen-bond acceptors (Lipinski definition) is 7. The van der Waals surface area contributed by atoms with Gasteiger partial charge in [0, 0.05) is 18.0 Å². The van der Waals surface area contributed by atoms with E-state index in [1.807, 2.05) is 43.3 Å². The van der Waals surface area contributed by atoms with Crippen LogP contribution in [0.5, 0.6) is 11.5 Å². The van der Waals surface area contributed by atoms with Crippen molar-refractivity contribution < 1.29 is 9.47 Å². The molecule has 1 aromatic carbocycles. The molecule has 0 N–H and O–H groups in total. The molecule has 0 spiro atoms. The predicted molar refractivity (Wildman–Crippen MR) is 117 cm³/mol. The van der Waals surface area contributed by atoms with E-state index in [1.165, 1.54) is 15.9 Å². The van der Waals surface area contributed by atoms with Gasteiger partial charge in [-0.25, -0.2) is 0 Å². The van der Waals surface area contributed by atoms with Crippen molar-refractivity contribution in [2.45, 2.75) is 26.7 Å². The van der Waals surface area contributed by atoms with Crippen LogP contribution in [0.25, 0.3) is 22.4 Å². The molecule has 0 aliphatic heterocycles. The Morgan fingerprint density at radius 3 is 2.67 bits per heavy atom. The Morgan fingerprint density at radius 1 is 1.10 bits per heavy atom. The first-order chi connectivity index (χ1) is 14.7.